The fourth-order valence-corrected chi connectivity index (χ4v) is 3.97. The molecule has 1 N–H and O–H groups in total. The van der Waals surface area contributed by atoms with E-state index in [4.69, 9.17) is 9.47 Å². The highest BCUT2D eigenvalue weighted by atomic mass is 32.2. The van der Waals surface area contributed by atoms with Crippen molar-refractivity contribution in [2.75, 3.05) is 18.9 Å². The van der Waals surface area contributed by atoms with Crippen molar-refractivity contribution in [1.82, 2.24) is 0 Å². The van der Waals surface area contributed by atoms with Gasteiger partial charge >= 0.3 is 0 Å². The zero-order valence-electron chi connectivity index (χ0n) is 15.2. The van der Waals surface area contributed by atoms with Crippen LogP contribution in [0, 0.1) is 0 Å². The van der Waals surface area contributed by atoms with E-state index < -0.39 is 10.0 Å². The van der Waals surface area contributed by atoms with Crippen LogP contribution < -0.4 is 14.2 Å². The average Bonchev–Trinajstić information content (AvgIpc) is 2.68. The lowest BCUT2D eigenvalue weighted by Crippen LogP contribution is -2.15. The molecule has 0 aromatic heterocycles. The van der Waals surface area contributed by atoms with Gasteiger partial charge in [0.2, 0.25) is 10.0 Å². The van der Waals surface area contributed by atoms with Gasteiger partial charge in [-0.25, -0.2) is 8.42 Å². The Hall–Kier alpha value is -2.99. The van der Waals surface area contributed by atoms with Gasteiger partial charge in [0.15, 0.2) is 0 Å². The van der Waals surface area contributed by atoms with Gasteiger partial charge < -0.3 is 9.47 Å². The minimum absolute atomic E-state index is 0.0856. The predicted octanol–water partition coefficient (Wildman–Crippen LogP) is 4.31. The second-order valence-electron chi connectivity index (χ2n) is 5.99. The van der Waals surface area contributed by atoms with Gasteiger partial charge in [0, 0.05) is 11.3 Å². The van der Waals surface area contributed by atoms with Crippen LogP contribution >= 0.6 is 0 Å². The van der Waals surface area contributed by atoms with E-state index in [1.807, 2.05) is 42.5 Å². The van der Waals surface area contributed by atoms with Gasteiger partial charge in [0.1, 0.15) is 11.5 Å². The molecule has 0 amide bonds. The van der Waals surface area contributed by atoms with Crippen molar-refractivity contribution in [2.24, 2.45) is 0 Å². The molecule has 0 radical (unpaired) electrons. The maximum Gasteiger partial charge on any atom is 0.236 e. The number of anilines is 1. The molecule has 3 rings (SSSR count). The highest BCUT2D eigenvalue weighted by Crippen LogP contribution is 2.33. The Bertz CT molecular complexity index is 1000. The molecule has 27 heavy (non-hydrogen) atoms. The number of methoxy groups -OCH3 is 2. The summed E-state index contributed by atoms with van der Waals surface area (Å²) in [4.78, 5) is 0. The van der Waals surface area contributed by atoms with Crippen LogP contribution in [0.1, 0.15) is 5.56 Å². The molecule has 3 aromatic carbocycles. The van der Waals surface area contributed by atoms with Gasteiger partial charge in [-0.3, -0.25) is 4.72 Å². The average molecular weight is 383 g/mol. The number of rotatable bonds is 7. The van der Waals surface area contributed by atoms with Gasteiger partial charge in [-0.1, -0.05) is 42.5 Å². The first-order valence-corrected chi connectivity index (χ1v) is 10.0. The first-order chi connectivity index (χ1) is 13.0. The molecule has 0 aliphatic heterocycles. The van der Waals surface area contributed by atoms with E-state index in [0.29, 0.717) is 11.4 Å². The third-order valence-corrected chi connectivity index (χ3v) is 5.33. The van der Waals surface area contributed by atoms with Crippen LogP contribution in [0.15, 0.2) is 72.8 Å². The fourth-order valence-electron chi connectivity index (χ4n) is 2.78. The van der Waals surface area contributed by atoms with E-state index >= 15 is 0 Å². The van der Waals surface area contributed by atoms with Crippen molar-refractivity contribution < 1.29 is 17.9 Å². The van der Waals surface area contributed by atoms with E-state index in [-0.39, 0.29) is 5.75 Å². The summed E-state index contributed by atoms with van der Waals surface area (Å²) in [7, 11) is -0.334. The molecule has 3 aromatic rings. The van der Waals surface area contributed by atoms with Crippen LogP contribution in [0.3, 0.4) is 0 Å². The summed E-state index contributed by atoms with van der Waals surface area (Å²) in [5.74, 6) is 1.32. The molecule has 0 spiro atoms. The lowest BCUT2D eigenvalue weighted by Gasteiger charge is -2.13. The zero-order chi connectivity index (χ0) is 19.3. The smallest absolute Gasteiger partial charge is 0.236 e. The molecule has 0 unspecified atom stereocenters. The van der Waals surface area contributed by atoms with Crippen molar-refractivity contribution in [3.05, 3.63) is 78.4 Å². The van der Waals surface area contributed by atoms with Crippen molar-refractivity contribution in [2.45, 2.75) is 5.75 Å². The number of hydrogen-bond donors (Lipinski definition) is 1. The first kappa shape index (κ1) is 18.8. The Morgan fingerprint density at radius 1 is 0.852 bits per heavy atom. The molecular weight excluding hydrogens is 362 g/mol. The summed E-state index contributed by atoms with van der Waals surface area (Å²) in [6, 6.07) is 21.8. The number of nitrogens with one attached hydrogen (secondary N) is 1. The van der Waals surface area contributed by atoms with Crippen LogP contribution in [0.5, 0.6) is 11.5 Å². The molecule has 0 heterocycles. The van der Waals surface area contributed by atoms with E-state index in [9.17, 15) is 8.42 Å². The molecule has 0 fully saturated rings. The summed E-state index contributed by atoms with van der Waals surface area (Å²) < 4.78 is 38.2. The Labute approximate surface area is 159 Å². The summed E-state index contributed by atoms with van der Waals surface area (Å²) >= 11 is 0. The van der Waals surface area contributed by atoms with Crippen molar-refractivity contribution in [1.29, 1.82) is 0 Å². The van der Waals surface area contributed by atoms with Gasteiger partial charge in [-0.2, -0.15) is 0 Å². The molecule has 0 aliphatic carbocycles. The molecule has 5 nitrogen and oxygen atoms in total. The highest BCUT2D eigenvalue weighted by molar-refractivity contribution is 7.91. The molecular formula is C21H21NO4S. The van der Waals surface area contributed by atoms with Crippen LogP contribution in [0.2, 0.25) is 0 Å². The topological polar surface area (TPSA) is 64.6 Å². The second kappa shape index (κ2) is 8.14. The number of sulfonamides is 1. The maximum absolute atomic E-state index is 12.5. The largest absolute Gasteiger partial charge is 0.497 e. The molecule has 6 heteroatoms. The van der Waals surface area contributed by atoms with Gasteiger partial charge in [0.05, 0.1) is 20.0 Å². The summed E-state index contributed by atoms with van der Waals surface area (Å²) in [5, 5.41) is 0. The van der Waals surface area contributed by atoms with Crippen LogP contribution in [0.25, 0.3) is 11.1 Å². The number of hydrogen-bond acceptors (Lipinski definition) is 4. The molecule has 0 aliphatic rings. The SMILES string of the molecule is COc1ccc(-c2cc(NS(=O)(=O)Cc3ccccc3)ccc2OC)cc1. The standard InChI is InChI=1S/C21H21NO4S/c1-25-19-11-8-17(9-12-19)20-14-18(10-13-21(20)26-2)22-27(23,24)15-16-6-4-3-5-7-16/h3-14,22H,15H2,1-2H3. The number of ether oxygens (including phenoxy) is 2. The fraction of sp³-hybridized carbons (Fsp3) is 0.143. The lowest BCUT2D eigenvalue weighted by molar-refractivity contribution is 0.414. The Balaban J connectivity index is 1.88. The maximum atomic E-state index is 12.5. The van der Waals surface area contributed by atoms with Crippen molar-refractivity contribution in [3.8, 4) is 22.6 Å². The predicted molar refractivity (Wildman–Crippen MR) is 108 cm³/mol. The number of benzene rings is 3. The Kier molecular flexibility index (Phi) is 5.66. The lowest BCUT2D eigenvalue weighted by atomic mass is 10.0. The molecule has 140 valence electrons. The van der Waals surface area contributed by atoms with Gasteiger partial charge in [-0.05, 0) is 41.5 Å². The monoisotopic (exact) mass is 383 g/mol. The van der Waals surface area contributed by atoms with Crippen molar-refractivity contribution >= 4 is 15.7 Å². The molecule has 0 bridgehead atoms. The molecule has 0 saturated heterocycles. The Morgan fingerprint density at radius 2 is 1.56 bits per heavy atom. The minimum Gasteiger partial charge on any atom is -0.497 e. The second-order valence-corrected chi connectivity index (χ2v) is 7.71. The van der Waals surface area contributed by atoms with Crippen LogP contribution in [-0.4, -0.2) is 22.6 Å². The third-order valence-electron chi connectivity index (χ3n) is 4.07. The van der Waals surface area contributed by atoms with Gasteiger partial charge in [0.25, 0.3) is 0 Å². The van der Waals surface area contributed by atoms with E-state index in [0.717, 1.165) is 22.4 Å². The molecule has 0 saturated carbocycles. The van der Waals surface area contributed by atoms with Gasteiger partial charge in [-0.15, -0.1) is 0 Å². The zero-order valence-corrected chi connectivity index (χ0v) is 16.0. The quantitative estimate of drug-likeness (QED) is 0.660. The van der Waals surface area contributed by atoms with Crippen molar-refractivity contribution in [3.63, 3.8) is 0 Å². The highest BCUT2D eigenvalue weighted by Gasteiger charge is 2.14. The Morgan fingerprint density at radius 3 is 2.19 bits per heavy atom. The normalized spacial score (nSPS) is 11.0. The summed E-state index contributed by atoms with van der Waals surface area (Å²) in [6.45, 7) is 0. The van der Waals surface area contributed by atoms with E-state index in [1.165, 1.54) is 0 Å². The van der Waals surface area contributed by atoms with Crippen LogP contribution in [0.4, 0.5) is 5.69 Å². The summed E-state index contributed by atoms with van der Waals surface area (Å²) in [6.07, 6.45) is 0. The minimum atomic E-state index is -3.53. The summed E-state index contributed by atoms with van der Waals surface area (Å²) in [5.41, 5.74) is 2.91. The van der Waals surface area contributed by atoms with E-state index in [1.54, 1.807) is 44.6 Å². The van der Waals surface area contributed by atoms with Crippen LogP contribution in [-0.2, 0) is 15.8 Å². The van der Waals surface area contributed by atoms with E-state index in [2.05, 4.69) is 4.72 Å². The third kappa shape index (κ3) is 4.80. The molecule has 0 atom stereocenters. The first-order valence-electron chi connectivity index (χ1n) is 8.37.